The average molecular weight is 344 g/mol. The molecule has 0 aliphatic rings. The van der Waals surface area contributed by atoms with Crippen molar-refractivity contribution in [3.8, 4) is 0 Å². The molecule has 0 amide bonds. The summed E-state index contributed by atoms with van der Waals surface area (Å²) in [4.78, 5) is 0. The van der Waals surface area contributed by atoms with Crippen molar-refractivity contribution in [3.05, 3.63) is 68.9 Å². The van der Waals surface area contributed by atoms with E-state index in [1.165, 1.54) is 6.07 Å². The highest BCUT2D eigenvalue weighted by molar-refractivity contribution is 9.10. The van der Waals surface area contributed by atoms with Crippen LogP contribution in [0.4, 0.5) is 4.39 Å². The highest BCUT2D eigenvalue weighted by atomic mass is 79.9. The predicted octanol–water partition coefficient (Wildman–Crippen LogP) is 4.56. The summed E-state index contributed by atoms with van der Waals surface area (Å²) in [6.45, 7) is -0.0737. The summed E-state index contributed by atoms with van der Waals surface area (Å²) in [6, 6.07) is 12.1. The molecule has 0 fully saturated rings. The second-order valence-electron chi connectivity index (χ2n) is 4.34. The molecule has 0 aliphatic carbocycles. The summed E-state index contributed by atoms with van der Waals surface area (Å²) < 4.78 is 14.6. The van der Waals surface area contributed by atoms with Crippen molar-refractivity contribution in [1.29, 1.82) is 0 Å². The fourth-order valence-corrected chi connectivity index (χ4v) is 2.74. The van der Waals surface area contributed by atoms with Crippen molar-refractivity contribution in [2.45, 2.75) is 12.3 Å². The largest absolute Gasteiger partial charge is 0.396 e. The van der Waals surface area contributed by atoms with Crippen LogP contribution in [0.5, 0.6) is 0 Å². The first-order valence-corrected chi connectivity index (χ1v) is 7.08. The third-order valence-electron chi connectivity index (χ3n) is 3.04. The molecule has 0 spiro atoms. The van der Waals surface area contributed by atoms with E-state index >= 15 is 0 Å². The van der Waals surface area contributed by atoms with Gasteiger partial charge in [0.15, 0.2) is 0 Å². The van der Waals surface area contributed by atoms with Crippen LogP contribution in [-0.2, 0) is 6.42 Å². The summed E-state index contributed by atoms with van der Waals surface area (Å²) in [5.41, 5.74) is 1.40. The molecule has 1 atom stereocenters. The molecular formula is C15H13BrClFO. The summed E-state index contributed by atoms with van der Waals surface area (Å²) >= 11 is 9.44. The molecule has 2 rings (SSSR count). The van der Waals surface area contributed by atoms with E-state index in [1.807, 2.05) is 18.2 Å². The van der Waals surface area contributed by atoms with E-state index in [-0.39, 0.29) is 18.3 Å². The molecule has 1 nitrogen and oxygen atoms in total. The normalized spacial score (nSPS) is 12.4. The van der Waals surface area contributed by atoms with Gasteiger partial charge in [-0.05, 0) is 41.8 Å². The van der Waals surface area contributed by atoms with Gasteiger partial charge in [-0.3, -0.25) is 0 Å². The lowest BCUT2D eigenvalue weighted by molar-refractivity contribution is 0.264. The van der Waals surface area contributed by atoms with Crippen LogP contribution in [0.3, 0.4) is 0 Å². The maximum absolute atomic E-state index is 13.7. The number of halogens is 3. The van der Waals surface area contributed by atoms with Crippen molar-refractivity contribution in [1.82, 2.24) is 0 Å². The lowest BCUT2D eigenvalue weighted by atomic mass is 9.92. The minimum absolute atomic E-state index is 0.0737. The van der Waals surface area contributed by atoms with Gasteiger partial charge in [0, 0.05) is 15.4 Å². The topological polar surface area (TPSA) is 20.2 Å². The Balaban J connectivity index is 2.29. The van der Waals surface area contributed by atoms with E-state index in [0.29, 0.717) is 17.0 Å². The standard InChI is InChI=1S/C15H13BrClFO/c16-12-5-6-15(18)10(8-12)7-11(9-19)13-3-1-2-4-14(13)17/h1-6,8,11,19H,7,9H2. The van der Waals surface area contributed by atoms with Crippen LogP contribution < -0.4 is 0 Å². The first kappa shape index (κ1) is 14.5. The van der Waals surface area contributed by atoms with Crippen LogP contribution >= 0.6 is 27.5 Å². The lowest BCUT2D eigenvalue weighted by Crippen LogP contribution is -2.09. The summed E-state index contributed by atoms with van der Waals surface area (Å²) in [5.74, 6) is -0.480. The molecule has 0 radical (unpaired) electrons. The van der Waals surface area contributed by atoms with Gasteiger partial charge in [-0.2, -0.15) is 0 Å². The van der Waals surface area contributed by atoms with Crippen molar-refractivity contribution in [3.63, 3.8) is 0 Å². The fraction of sp³-hybridized carbons (Fsp3) is 0.200. The van der Waals surface area contributed by atoms with Gasteiger partial charge < -0.3 is 5.11 Å². The number of hydrogen-bond donors (Lipinski definition) is 1. The highest BCUT2D eigenvalue weighted by Gasteiger charge is 2.16. The van der Waals surface area contributed by atoms with Crippen LogP contribution in [0.15, 0.2) is 46.9 Å². The van der Waals surface area contributed by atoms with E-state index in [1.54, 1.807) is 18.2 Å². The summed E-state index contributed by atoms with van der Waals surface area (Å²) in [6.07, 6.45) is 0.408. The smallest absolute Gasteiger partial charge is 0.126 e. The van der Waals surface area contributed by atoms with Crippen molar-refractivity contribution < 1.29 is 9.50 Å². The van der Waals surface area contributed by atoms with Gasteiger partial charge in [-0.25, -0.2) is 4.39 Å². The number of aliphatic hydroxyl groups is 1. The predicted molar refractivity (Wildman–Crippen MR) is 79.1 cm³/mol. The van der Waals surface area contributed by atoms with Gasteiger partial charge in [0.2, 0.25) is 0 Å². The molecule has 0 aromatic heterocycles. The monoisotopic (exact) mass is 342 g/mol. The molecule has 1 N–H and O–H groups in total. The van der Waals surface area contributed by atoms with Crippen molar-refractivity contribution >= 4 is 27.5 Å². The zero-order valence-electron chi connectivity index (χ0n) is 10.1. The second kappa shape index (κ2) is 6.51. The number of hydrogen-bond acceptors (Lipinski definition) is 1. The molecule has 0 aliphatic heterocycles. The van der Waals surface area contributed by atoms with Gasteiger partial charge in [0.1, 0.15) is 5.82 Å². The molecule has 0 heterocycles. The first-order chi connectivity index (χ1) is 9.11. The Morgan fingerprint density at radius 3 is 2.63 bits per heavy atom. The lowest BCUT2D eigenvalue weighted by Gasteiger charge is -2.16. The maximum Gasteiger partial charge on any atom is 0.126 e. The molecule has 2 aromatic carbocycles. The number of benzene rings is 2. The molecule has 2 aromatic rings. The van der Waals surface area contributed by atoms with E-state index < -0.39 is 0 Å². The minimum Gasteiger partial charge on any atom is -0.396 e. The zero-order valence-corrected chi connectivity index (χ0v) is 12.5. The summed E-state index contributed by atoms with van der Waals surface area (Å²) in [7, 11) is 0. The fourth-order valence-electron chi connectivity index (χ4n) is 2.04. The number of rotatable bonds is 4. The Morgan fingerprint density at radius 2 is 1.95 bits per heavy atom. The average Bonchev–Trinajstić information content (AvgIpc) is 2.41. The third-order valence-corrected chi connectivity index (χ3v) is 3.88. The van der Waals surface area contributed by atoms with Gasteiger partial charge in [0.05, 0.1) is 6.61 Å². The van der Waals surface area contributed by atoms with E-state index in [9.17, 15) is 9.50 Å². The van der Waals surface area contributed by atoms with Gasteiger partial charge in [-0.1, -0.05) is 45.7 Å². The Kier molecular flexibility index (Phi) is 4.97. The minimum atomic E-state index is -0.270. The van der Waals surface area contributed by atoms with Crippen LogP contribution in [-0.4, -0.2) is 11.7 Å². The van der Waals surface area contributed by atoms with Crippen LogP contribution in [0.25, 0.3) is 0 Å². The van der Waals surface area contributed by atoms with Crippen molar-refractivity contribution in [2.24, 2.45) is 0 Å². The molecule has 0 bridgehead atoms. The SMILES string of the molecule is OCC(Cc1cc(Br)ccc1F)c1ccccc1Cl. The molecule has 1 unspecified atom stereocenters. The first-order valence-electron chi connectivity index (χ1n) is 5.91. The van der Waals surface area contributed by atoms with Gasteiger partial charge in [-0.15, -0.1) is 0 Å². The van der Waals surface area contributed by atoms with Crippen LogP contribution in [0.2, 0.25) is 5.02 Å². The maximum atomic E-state index is 13.7. The molecule has 0 saturated heterocycles. The number of aliphatic hydroxyl groups excluding tert-OH is 1. The highest BCUT2D eigenvalue weighted by Crippen LogP contribution is 2.28. The van der Waals surface area contributed by atoms with E-state index in [0.717, 1.165) is 10.0 Å². The Morgan fingerprint density at radius 1 is 1.21 bits per heavy atom. The molecule has 0 saturated carbocycles. The second-order valence-corrected chi connectivity index (χ2v) is 5.66. The van der Waals surface area contributed by atoms with E-state index in [2.05, 4.69) is 15.9 Å². The Hall–Kier alpha value is -0.900. The van der Waals surface area contributed by atoms with E-state index in [4.69, 9.17) is 11.6 Å². The molecule has 100 valence electrons. The van der Waals surface area contributed by atoms with Crippen LogP contribution in [0.1, 0.15) is 17.0 Å². The molecule has 4 heteroatoms. The molecular weight excluding hydrogens is 331 g/mol. The van der Waals surface area contributed by atoms with Crippen molar-refractivity contribution in [2.75, 3.05) is 6.61 Å². The Bertz CT molecular complexity index is 574. The zero-order chi connectivity index (χ0) is 13.8. The van der Waals surface area contributed by atoms with Gasteiger partial charge in [0.25, 0.3) is 0 Å². The Labute approximate surface area is 125 Å². The van der Waals surface area contributed by atoms with Gasteiger partial charge >= 0.3 is 0 Å². The quantitative estimate of drug-likeness (QED) is 0.863. The van der Waals surface area contributed by atoms with Crippen LogP contribution in [0, 0.1) is 5.82 Å². The third kappa shape index (κ3) is 3.56. The summed E-state index contributed by atoms with van der Waals surface area (Å²) in [5, 5.41) is 10.1. The molecule has 19 heavy (non-hydrogen) atoms.